The Morgan fingerprint density at radius 2 is 1.81 bits per heavy atom. The summed E-state index contributed by atoms with van der Waals surface area (Å²) in [5.41, 5.74) is 0. The predicted molar refractivity (Wildman–Crippen MR) is 113 cm³/mol. The second kappa shape index (κ2) is 12.2. The SMILES string of the molecule is CCNC(=NCC(C(CC)CC)N1CCCC1)NCCCN1CCCC1=O. The van der Waals surface area contributed by atoms with E-state index in [0.29, 0.717) is 11.9 Å². The van der Waals surface area contributed by atoms with Crippen LogP contribution in [0, 0.1) is 5.92 Å². The molecule has 0 bridgehead atoms. The van der Waals surface area contributed by atoms with Crippen molar-refractivity contribution in [2.45, 2.75) is 71.8 Å². The van der Waals surface area contributed by atoms with Crippen molar-refractivity contribution < 1.29 is 4.79 Å². The third-order valence-electron chi connectivity index (χ3n) is 6.05. The van der Waals surface area contributed by atoms with Gasteiger partial charge in [-0.15, -0.1) is 0 Å². The molecule has 2 heterocycles. The molecule has 0 aromatic rings. The van der Waals surface area contributed by atoms with E-state index in [1.54, 1.807) is 0 Å². The van der Waals surface area contributed by atoms with Crippen LogP contribution < -0.4 is 10.6 Å². The topological polar surface area (TPSA) is 60.0 Å². The normalized spacial score (nSPS) is 19.9. The van der Waals surface area contributed by atoms with Gasteiger partial charge in [-0.05, 0) is 51.6 Å². The van der Waals surface area contributed by atoms with E-state index in [0.717, 1.165) is 63.9 Å². The highest BCUT2D eigenvalue weighted by atomic mass is 16.2. The molecule has 6 heteroatoms. The molecule has 2 fully saturated rings. The maximum Gasteiger partial charge on any atom is 0.222 e. The monoisotopic (exact) mass is 379 g/mol. The maximum atomic E-state index is 11.7. The fourth-order valence-electron chi connectivity index (χ4n) is 4.41. The quantitative estimate of drug-likeness (QED) is 0.329. The summed E-state index contributed by atoms with van der Waals surface area (Å²) in [7, 11) is 0. The van der Waals surface area contributed by atoms with Crippen molar-refractivity contribution in [1.29, 1.82) is 0 Å². The van der Waals surface area contributed by atoms with Gasteiger partial charge in [-0.2, -0.15) is 0 Å². The number of aliphatic imine (C=N–C) groups is 1. The summed E-state index contributed by atoms with van der Waals surface area (Å²) in [5, 5.41) is 6.84. The largest absolute Gasteiger partial charge is 0.357 e. The molecular formula is C21H41N5O. The van der Waals surface area contributed by atoms with Crippen LogP contribution in [0.4, 0.5) is 0 Å². The molecule has 2 aliphatic heterocycles. The number of nitrogens with one attached hydrogen (secondary N) is 2. The van der Waals surface area contributed by atoms with E-state index in [1.807, 2.05) is 4.90 Å². The fourth-order valence-corrected chi connectivity index (χ4v) is 4.41. The number of nitrogens with zero attached hydrogens (tertiary/aromatic N) is 3. The van der Waals surface area contributed by atoms with Crippen LogP contribution in [0.25, 0.3) is 0 Å². The van der Waals surface area contributed by atoms with Gasteiger partial charge in [0.1, 0.15) is 0 Å². The Morgan fingerprint density at radius 1 is 1.07 bits per heavy atom. The number of hydrogen-bond donors (Lipinski definition) is 2. The molecule has 2 aliphatic rings. The third kappa shape index (κ3) is 6.98. The Bertz CT molecular complexity index is 455. The number of carbonyl (C=O) groups excluding carboxylic acids is 1. The lowest BCUT2D eigenvalue weighted by atomic mass is 9.93. The molecule has 1 atom stereocenters. The molecule has 0 aromatic heterocycles. The van der Waals surface area contributed by atoms with Gasteiger partial charge in [0.2, 0.25) is 5.91 Å². The number of amides is 1. The average Bonchev–Trinajstić information content (AvgIpc) is 3.34. The fraction of sp³-hybridized carbons (Fsp3) is 0.905. The molecule has 6 nitrogen and oxygen atoms in total. The predicted octanol–water partition coefficient (Wildman–Crippen LogP) is 2.45. The van der Waals surface area contributed by atoms with Crippen LogP contribution in [0.15, 0.2) is 4.99 Å². The first-order chi connectivity index (χ1) is 13.2. The first-order valence-corrected chi connectivity index (χ1v) is 11.2. The number of likely N-dealkylation sites (tertiary alicyclic amines) is 2. The van der Waals surface area contributed by atoms with Crippen molar-refractivity contribution in [2.24, 2.45) is 10.9 Å². The second-order valence-electron chi connectivity index (χ2n) is 7.87. The zero-order valence-corrected chi connectivity index (χ0v) is 17.8. The summed E-state index contributed by atoms with van der Waals surface area (Å²) in [6.45, 7) is 13.6. The first kappa shape index (κ1) is 22.0. The smallest absolute Gasteiger partial charge is 0.222 e. The van der Waals surface area contributed by atoms with Crippen LogP contribution >= 0.6 is 0 Å². The number of carbonyl (C=O) groups is 1. The molecule has 0 aliphatic carbocycles. The Balaban J connectivity index is 1.84. The van der Waals surface area contributed by atoms with E-state index < -0.39 is 0 Å². The van der Waals surface area contributed by atoms with E-state index in [9.17, 15) is 4.79 Å². The Labute approximate surface area is 166 Å². The van der Waals surface area contributed by atoms with Crippen LogP contribution in [0.3, 0.4) is 0 Å². The first-order valence-electron chi connectivity index (χ1n) is 11.2. The molecule has 27 heavy (non-hydrogen) atoms. The summed E-state index contributed by atoms with van der Waals surface area (Å²) in [4.78, 5) is 21.3. The van der Waals surface area contributed by atoms with E-state index in [1.165, 1.54) is 38.8 Å². The summed E-state index contributed by atoms with van der Waals surface area (Å²) in [6.07, 6.45) is 7.82. The molecule has 1 amide bonds. The summed E-state index contributed by atoms with van der Waals surface area (Å²) < 4.78 is 0. The lowest BCUT2D eigenvalue weighted by Gasteiger charge is -2.32. The Hall–Kier alpha value is -1.30. The summed E-state index contributed by atoms with van der Waals surface area (Å²) in [6, 6.07) is 0.556. The molecule has 2 rings (SSSR count). The lowest BCUT2D eigenvalue weighted by Crippen LogP contribution is -2.43. The number of hydrogen-bond acceptors (Lipinski definition) is 3. The van der Waals surface area contributed by atoms with Gasteiger partial charge in [0.25, 0.3) is 0 Å². The van der Waals surface area contributed by atoms with Crippen LogP contribution in [0.2, 0.25) is 0 Å². The van der Waals surface area contributed by atoms with Gasteiger partial charge in [0, 0.05) is 38.6 Å². The Kier molecular flexibility index (Phi) is 9.95. The third-order valence-corrected chi connectivity index (χ3v) is 6.05. The van der Waals surface area contributed by atoms with Crippen LogP contribution in [0.1, 0.15) is 65.7 Å². The van der Waals surface area contributed by atoms with Crippen molar-refractivity contribution in [3.8, 4) is 0 Å². The summed E-state index contributed by atoms with van der Waals surface area (Å²) >= 11 is 0. The van der Waals surface area contributed by atoms with Crippen molar-refractivity contribution >= 4 is 11.9 Å². The molecule has 156 valence electrons. The van der Waals surface area contributed by atoms with Crippen molar-refractivity contribution in [1.82, 2.24) is 20.4 Å². The number of rotatable bonds is 11. The molecule has 0 aromatic carbocycles. The van der Waals surface area contributed by atoms with Gasteiger partial charge in [-0.3, -0.25) is 14.7 Å². The zero-order chi connectivity index (χ0) is 19.5. The molecule has 2 saturated heterocycles. The van der Waals surface area contributed by atoms with Crippen LogP contribution in [-0.2, 0) is 4.79 Å². The summed E-state index contributed by atoms with van der Waals surface area (Å²) in [5.74, 6) is 1.95. The van der Waals surface area contributed by atoms with E-state index in [-0.39, 0.29) is 0 Å². The molecule has 2 N–H and O–H groups in total. The second-order valence-corrected chi connectivity index (χ2v) is 7.87. The van der Waals surface area contributed by atoms with Gasteiger partial charge in [0.05, 0.1) is 6.54 Å². The zero-order valence-electron chi connectivity index (χ0n) is 17.8. The van der Waals surface area contributed by atoms with Gasteiger partial charge >= 0.3 is 0 Å². The minimum absolute atomic E-state index is 0.314. The minimum atomic E-state index is 0.314. The highest BCUT2D eigenvalue weighted by Gasteiger charge is 2.27. The van der Waals surface area contributed by atoms with Crippen LogP contribution in [0.5, 0.6) is 0 Å². The van der Waals surface area contributed by atoms with E-state index >= 15 is 0 Å². The van der Waals surface area contributed by atoms with Crippen molar-refractivity contribution in [3.05, 3.63) is 0 Å². The van der Waals surface area contributed by atoms with E-state index in [4.69, 9.17) is 4.99 Å². The van der Waals surface area contributed by atoms with Crippen LogP contribution in [-0.4, -0.2) is 73.5 Å². The Morgan fingerprint density at radius 3 is 2.41 bits per heavy atom. The minimum Gasteiger partial charge on any atom is -0.357 e. The van der Waals surface area contributed by atoms with Gasteiger partial charge in [0.15, 0.2) is 5.96 Å². The van der Waals surface area contributed by atoms with Gasteiger partial charge in [-0.25, -0.2) is 0 Å². The standard InChI is InChI=1S/C21H41N5O/c1-4-18(5-2)19(25-13-7-8-14-25)17-24-21(22-6-3)23-12-10-16-26-15-9-11-20(26)27/h18-19H,4-17H2,1-3H3,(H2,22,23,24). The van der Waals surface area contributed by atoms with Gasteiger partial charge < -0.3 is 15.5 Å². The highest BCUT2D eigenvalue weighted by molar-refractivity contribution is 5.79. The molecule has 1 unspecified atom stereocenters. The molecule has 0 radical (unpaired) electrons. The average molecular weight is 380 g/mol. The van der Waals surface area contributed by atoms with E-state index in [2.05, 4.69) is 36.3 Å². The van der Waals surface area contributed by atoms with Gasteiger partial charge in [-0.1, -0.05) is 26.7 Å². The van der Waals surface area contributed by atoms with Crippen molar-refractivity contribution in [3.63, 3.8) is 0 Å². The molecule has 0 spiro atoms. The highest BCUT2D eigenvalue weighted by Crippen LogP contribution is 2.23. The number of guanidine groups is 1. The molecular weight excluding hydrogens is 338 g/mol. The van der Waals surface area contributed by atoms with Crippen molar-refractivity contribution in [2.75, 3.05) is 45.8 Å². The molecule has 0 saturated carbocycles. The maximum absolute atomic E-state index is 11.7. The lowest BCUT2D eigenvalue weighted by molar-refractivity contribution is -0.127.